The molecule has 0 aromatic heterocycles. The Labute approximate surface area is 191 Å². The Bertz CT molecular complexity index is 533. The number of terminal acetylenes is 1. The van der Waals surface area contributed by atoms with Gasteiger partial charge >= 0.3 is 0 Å². The van der Waals surface area contributed by atoms with Gasteiger partial charge in [-0.1, -0.05) is 74.0 Å². The summed E-state index contributed by atoms with van der Waals surface area (Å²) < 4.78 is 0. The fourth-order valence-electron chi connectivity index (χ4n) is 5.41. The fourth-order valence-corrected chi connectivity index (χ4v) is 5.41. The minimum atomic E-state index is 0.0801. The molecule has 0 heterocycles. The van der Waals surface area contributed by atoms with Crippen LogP contribution in [0.2, 0.25) is 0 Å². The fraction of sp³-hybridized carbons (Fsp3) is 0.862. The van der Waals surface area contributed by atoms with E-state index in [9.17, 15) is 0 Å². The Hall–Kier alpha value is -0.740. The number of likely N-dealkylation sites (N-methyl/N-ethyl adjacent to an activating group) is 1. The van der Waals surface area contributed by atoms with Gasteiger partial charge in [0.2, 0.25) is 0 Å². The van der Waals surface area contributed by atoms with Crippen molar-refractivity contribution in [1.82, 2.24) is 4.90 Å². The van der Waals surface area contributed by atoms with Crippen LogP contribution in [0.15, 0.2) is 12.2 Å². The molecule has 1 nitrogen and oxygen atoms in total. The molecule has 0 rings (SSSR count). The first-order valence-electron chi connectivity index (χ1n) is 12.4. The second kappa shape index (κ2) is 12.3. The van der Waals surface area contributed by atoms with Crippen molar-refractivity contribution in [3.63, 3.8) is 0 Å². The highest BCUT2D eigenvalue weighted by Crippen LogP contribution is 2.47. The molecule has 176 valence electrons. The molecule has 0 aromatic rings. The van der Waals surface area contributed by atoms with Crippen molar-refractivity contribution in [3.8, 4) is 12.3 Å². The first kappa shape index (κ1) is 29.3. The Morgan fingerprint density at radius 2 is 1.50 bits per heavy atom. The average molecular weight is 418 g/mol. The lowest BCUT2D eigenvalue weighted by atomic mass is 9.63. The zero-order valence-corrected chi connectivity index (χ0v) is 22.6. The maximum atomic E-state index is 5.56. The molecule has 0 aliphatic rings. The van der Waals surface area contributed by atoms with Crippen LogP contribution in [0.5, 0.6) is 0 Å². The Morgan fingerprint density at radius 1 is 1.00 bits per heavy atom. The van der Waals surface area contributed by atoms with Gasteiger partial charge in [0.1, 0.15) is 0 Å². The summed E-state index contributed by atoms with van der Waals surface area (Å²) >= 11 is 0. The predicted octanol–water partition coefficient (Wildman–Crippen LogP) is 8.60. The van der Waals surface area contributed by atoms with Crippen LogP contribution in [0.1, 0.15) is 114 Å². The third-order valence-electron chi connectivity index (χ3n) is 7.52. The summed E-state index contributed by atoms with van der Waals surface area (Å²) in [6, 6.07) is 0. The van der Waals surface area contributed by atoms with Crippen molar-refractivity contribution in [3.05, 3.63) is 12.2 Å². The van der Waals surface area contributed by atoms with Gasteiger partial charge in [-0.15, -0.1) is 12.3 Å². The van der Waals surface area contributed by atoms with Crippen LogP contribution < -0.4 is 0 Å². The van der Waals surface area contributed by atoms with Crippen LogP contribution in [0.4, 0.5) is 0 Å². The van der Waals surface area contributed by atoms with Crippen LogP contribution in [-0.2, 0) is 0 Å². The summed E-state index contributed by atoms with van der Waals surface area (Å²) in [6.07, 6.45) is 14.0. The number of nitrogens with zero attached hydrogens (tertiary/aromatic N) is 1. The number of hydrogen-bond acceptors (Lipinski definition) is 1. The lowest BCUT2D eigenvalue weighted by Gasteiger charge is -2.43. The molecule has 0 amide bonds. The Balaban J connectivity index is 5.03. The van der Waals surface area contributed by atoms with Gasteiger partial charge in [0, 0.05) is 18.5 Å². The molecule has 0 aliphatic heterocycles. The summed E-state index contributed by atoms with van der Waals surface area (Å²) in [7, 11) is 2.22. The van der Waals surface area contributed by atoms with Gasteiger partial charge in [-0.3, -0.25) is 4.90 Å². The Morgan fingerprint density at radius 3 is 1.90 bits per heavy atom. The van der Waals surface area contributed by atoms with Gasteiger partial charge in [0.25, 0.3) is 0 Å². The smallest absolute Gasteiger partial charge is 0.0192 e. The standard InChI is InChI=1S/C29H55N/c1-14-16-26(8)28(11,12)30(13)21-25(7)17-18-27(9,10)22-29(15-2,19-23(3)4)20-24(5)6/h1,23-24,26H,7,15-22H2,2-6,8-13H3. The second-order valence-corrected chi connectivity index (χ2v) is 12.5. The SMILES string of the molecule is C#CCC(C)C(C)(C)N(C)CC(=C)CCC(C)(C)CC(CC)(CC(C)C)CC(C)C. The molecule has 0 saturated carbocycles. The summed E-state index contributed by atoms with van der Waals surface area (Å²) in [4.78, 5) is 2.44. The van der Waals surface area contributed by atoms with Gasteiger partial charge in [-0.2, -0.15) is 0 Å². The lowest BCUT2D eigenvalue weighted by molar-refractivity contribution is 0.0873. The Kier molecular flexibility index (Phi) is 12.0. The molecular weight excluding hydrogens is 362 g/mol. The molecule has 1 heteroatoms. The van der Waals surface area contributed by atoms with Crippen LogP contribution in [0.3, 0.4) is 0 Å². The largest absolute Gasteiger partial charge is 0.297 e. The molecule has 0 aromatic carbocycles. The number of hydrogen-bond donors (Lipinski definition) is 0. The van der Waals surface area contributed by atoms with Crippen molar-refractivity contribution < 1.29 is 0 Å². The van der Waals surface area contributed by atoms with Crippen LogP contribution in [-0.4, -0.2) is 24.0 Å². The summed E-state index contributed by atoms with van der Waals surface area (Å²) in [5.41, 5.74) is 2.24. The molecule has 0 aliphatic carbocycles. The molecule has 1 atom stereocenters. The molecule has 30 heavy (non-hydrogen) atoms. The van der Waals surface area contributed by atoms with Crippen LogP contribution >= 0.6 is 0 Å². The van der Waals surface area contributed by atoms with E-state index in [2.05, 4.69) is 93.7 Å². The van der Waals surface area contributed by atoms with E-state index in [0.717, 1.165) is 31.2 Å². The summed E-state index contributed by atoms with van der Waals surface area (Å²) in [6.45, 7) is 29.2. The van der Waals surface area contributed by atoms with Crippen molar-refractivity contribution in [2.24, 2.45) is 28.6 Å². The van der Waals surface area contributed by atoms with E-state index in [0.29, 0.717) is 16.7 Å². The van der Waals surface area contributed by atoms with E-state index in [4.69, 9.17) is 6.42 Å². The van der Waals surface area contributed by atoms with E-state index in [-0.39, 0.29) is 5.54 Å². The molecular formula is C29H55N. The van der Waals surface area contributed by atoms with Crippen molar-refractivity contribution in [1.29, 1.82) is 0 Å². The van der Waals surface area contributed by atoms with Gasteiger partial charge < -0.3 is 0 Å². The zero-order valence-electron chi connectivity index (χ0n) is 22.6. The highest BCUT2D eigenvalue weighted by atomic mass is 15.2. The zero-order chi connectivity index (χ0) is 23.8. The predicted molar refractivity (Wildman–Crippen MR) is 138 cm³/mol. The van der Waals surface area contributed by atoms with E-state index in [1.54, 1.807) is 0 Å². The van der Waals surface area contributed by atoms with Gasteiger partial charge in [0.05, 0.1) is 0 Å². The molecule has 0 bridgehead atoms. The summed E-state index contributed by atoms with van der Waals surface area (Å²) in [5, 5.41) is 0. The highest BCUT2D eigenvalue weighted by Gasteiger charge is 2.36. The molecule has 0 N–H and O–H groups in total. The quantitative estimate of drug-likeness (QED) is 0.190. The van der Waals surface area contributed by atoms with Crippen LogP contribution in [0, 0.1) is 40.9 Å². The maximum absolute atomic E-state index is 5.56. The second-order valence-electron chi connectivity index (χ2n) is 12.5. The van der Waals surface area contributed by atoms with E-state index in [1.165, 1.54) is 37.7 Å². The third-order valence-corrected chi connectivity index (χ3v) is 7.52. The molecule has 1 unspecified atom stereocenters. The monoisotopic (exact) mass is 417 g/mol. The first-order chi connectivity index (χ1) is 13.6. The van der Waals surface area contributed by atoms with Crippen LogP contribution in [0.25, 0.3) is 0 Å². The third kappa shape index (κ3) is 10.0. The van der Waals surface area contributed by atoms with E-state index in [1.807, 2.05) is 0 Å². The van der Waals surface area contributed by atoms with Crippen molar-refractivity contribution in [2.75, 3.05) is 13.6 Å². The van der Waals surface area contributed by atoms with Gasteiger partial charge in [-0.05, 0) is 81.6 Å². The minimum Gasteiger partial charge on any atom is -0.297 e. The van der Waals surface area contributed by atoms with Gasteiger partial charge in [-0.25, -0.2) is 0 Å². The van der Waals surface area contributed by atoms with Crippen molar-refractivity contribution in [2.45, 2.75) is 120 Å². The number of rotatable bonds is 15. The normalized spacial score (nSPS) is 14.4. The summed E-state index contributed by atoms with van der Waals surface area (Å²) in [5.74, 6) is 4.82. The van der Waals surface area contributed by atoms with Crippen molar-refractivity contribution >= 4 is 0 Å². The molecule has 0 fully saturated rings. The average Bonchev–Trinajstić information content (AvgIpc) is 2.58. The minimum absolute atomic E-state index is 0.0801. The first-order valence-corrected chi connectivity index (χ1v) is 12.4. The van der Waals surface area contributed by atoms with Gasteiger partial charge in [0.15, 0.2) is 0 Å². The topological polar surface area (TPSA) is 3.24 Å². The van der Waals surface area contributed by atoms with E-state index < -0.39 is 0 Å². The lowest BCUT2D eigenvalue weighted by Crippen LogP contribution is -2.47. The molecule has 0 spiro atoms. The molecule has 0 saturated heterocycles. The van der Waals surface area contributed by atoms with E-state index >= 15 is 0 Å². The molecule has 0 radical (unpaired) electrons. The highest BCUT2D eigenvalue weighted by molar-refractivity contribution is 5.03. The maximum Gasteiger partial charge on any atom is 0.0192 e.